The standard InChI is InChI=1S/C8H13N.C2H4/c1-7(2)5-6-8(3)9-4;1-2/h5-6H,1H2,2-4H3;1-2H2/b6-5-,9-8?;. The molecule has 0 aromatic carbocycles. The number of allylic oxidation sites excluding steroid dienone is 3. The highest BCUT2D eigenvalue weighted by Crippen LogP contribution is 1.89. The molecule has 0 bridgehead atoms. The lowest BCUT2D eigenvalue weighted by atomic mass is 10.3. The number of rotatable bonds is 2. The summed E-state index contributed by atoms with van der Waals surface area (Å²) >= 11 is 0. The zero-order valence-electron chi connectivity index (χ0n) is 7.72. The van der Waals surface area contributed by atoms with E-state index >= 15 is 0 Å². The van der Waals surface area contributed by atoms with Gasteiger partial charge in [-0.1, -0.05) is 18.2 Å². The summed E-state index contributed by atoms with van der Waals surface area (Å²) in [7, 11) is 1.78. The SMILES string of the molecule is C=C.C=C(C)/C=C\C(C)=NC. The van der Waals surface area contributed by atoms with Gasteiger partial charge in [-0.3, -0.25) is 4.99 Å². The van der Waals surface area contributed by atoms with Crippen molar-refractivity contribution in [2.24, 2.45) is 4.99 Å². The van der Waals surface area contributed by atoms with Crippen molar-refractivity contribution in [1.82, 2.24) is 0 Å². The van der Waals surface area contributed by atoms with Gasteiger partial charge >= 0.3 is 0 Å². The van der Waals surface area contributed by atoms with Crippen molar-refractivity contribution in [3.05, 3.63) is 37.5 Å². The molecule has 0 aromatic rings. The van der Waals surface area contributed by atoms with Crippen LogP contribution in [0.25, 0.3) is 0 Å². The normalized spacial score (nSPS) is 10.6. The van der Waals surface area contributed by atoms with Crippen molar-refractivity contribution < 1.29 is 0 Å². The van der Waals surface area contributed by atoms with Gasteiger partial charge in [-0.25, -0.2) is 0 Å². The van der Waals surface area contributed by atoms with E-state index in [2.05, 4.69) is 24.7 Å². The van der Waals surface area contributed by atoms with Crippen LogP contribution >= 0.6 is 0 Å². The number of aliphatic imine (C=N–C) groups is 1. The van der Waals surface area contributed by atoms with Crippen molar-refractivity contribution >= 4 is 5.71 Å². The van der Waals surface area contributed by atoms with Crippen LogP contribution in [0.3, 0.4) is 0 Å². The maximum atomic E-state index is 3.95. The van der Waals surface area contributed by atoms with Crippen LogP contribution in [0.5, 0.6) is 0 Å². The van der Waals surface area contributed by atoms with Gasteiger partial charge in [0.2, 0.25) is 0 Å². The van der Waals surface area contributed by atoms with Crippen LogP contribution in [0.15, 0.2) is 42.5 Å². The minimum atomic E-state index is 1.03. The Hall–Kier alpha value is -1.11. The van der Waals surface area contributed by atoms with Crippen LogP contribution in [-0.4, -0.2) is 12.8 Å². The molecule has 0 aliphatic rings. The quantitative estimate of drug-likeness (QED) is 0.327. The lowest BCUT2D eigenvalue weighted by Crippen LogP contribution is -1.81. The van der Waals surface area contributed by atoms with Crippen LogP contribution in [0.2, 0.25) is 0 Å². The molecule has 0 rings (SSSR count). The lowest BCUT2D eigenvalue weighted by molar-refractivity contribution is 1.43. The van der Waals surface area contributed by atoms with Gasteiger partial charge in [0.25, 0.3) is 0 Å². The third-order valence-corrected chi connectivity index (χ3v) is 0.962. The monoisotopic (exact) mass is 151 g/mol. The summed E-state index contributed by atoms with van der Waals surface area (Å²) in [5.41, 5.74) is 2.08. The fourth-order valence-corrected chi connectivity index (χ4v) is 0.337. The molecular formula is C10H17N. The zero-order chi connectivity index (χ0) is 9.28. The van der Waals surface area contributed by atoms with Gasteiger partial charge in [0.05, 0.1) is 0 Å². The van der Waals surface area contributed by atoms with Crippen molar-refractivity contribution in [2.75, 3.05) is 7.05 Å². The first-order chi connectivity index (χ1) is 5.16. The summed E-state index contributed by atoms with van der Waals surface area (Å²) in [5, 5.41) is 0. The molecule has 0 aromatic heterocycles. The molecule has 0 amide bonds. The third kappa shape index (κ3) is 12.2. The van der Waals surface area contributed by atoms with Gasteiger partial charge in [-0.2, -0.15) is 0 Å². The van der Waals surface area contributed by atoms with E-state index < -0.39 is 0 Å². The maximum absolute atomic E-state index is 3.95. The zero-order valence-corrected chi connectivity index (χ0v) is 7.72. The van der Waals surface area contributed by atoms with E-state index in [1.54, 1.807) is 7.05 Å². The van der Waals surface area contributed by atoms with Crippen LogP contribution in [-0.2, 0) is 0 Å². The second-order valence-electron chi connectivity index (χ2n) is 2.04. The van der Waals surface area contributed by atoms with E-state index in [9.17, 15) is 0 Å². The second kappa shape index (κ2) is 8.89. The molecule has 0 saturated heterocycles. The first-order valence-electron chi connectivity index (χ1n) is 3.44. The number of nitrogens with zero attached hydrogens (tertiary/aromatic N) is 1. The molecule has 0 aliphatic carbocycles. The average Bonchev–Trinajstić information content (AvgIpc) is 2.04. The van der Waals surface area contributed by atoms with E-state index in [1.807, 2.05) is 26.0 Å². The summed E-state index contributed by atoms with van der Waals surface area (Å²) < 4.78 is 0. The van der Waals surface area contributed by atoms with E-state index in [4.69, 9.17) is 0 Å². The van der Waals surface area contributed by atoms with Crippen molar-refractivity contribution in [1.29, 1.82) is 0 Å². The molecule has 0 aliphatic heterocycles. The molecule has 0 radical (unpaired) electrons. The van der Waals surface area contributed by atoms with Gasteiger partial charge < -0.3 is 0 Å². The topological polar surface area (TPSA) is 12.4 Å². The summed E-state index contributed by atoms with van der Waals surface area (Å²) in [5.74, 6) is 0. The van der Waals surface area contributed by atoms with Crippen LogP contribution in [0.4, 0.5) is 0 Å². The molecule has 1 heteroatoms. The molecule has 1 nitrogen and oxygen atoms in total. The van der Waals surface area contributed by atoms with Gasteiger partial charge in [0.1, 0.15) is 0 Å². The highest BCUT2D eigenvalue weighted by atomic mass is 14.7. The fraction of sp³-hybridized carbons (Fsp3) is 0.300. The first kappa shape index (κ1) is 12.6. The minimum Gasteiger partial charge on any atom is -0.293 e. The summed E-state index contributed by atoms with van der Waals surface area (Å²) in [6.07, 6.45) is 3.89. The van der Waals surface area contributed by atoms with E-state index in [0.29, 0.717) is 0 Å². The van der Waals surface area contributed by atoms with Crippen LogP contribution in [0, 0.1) is 0 Å². The molecule has 0 saturated carbocycles. The van der Waals surface area contributed by atoms with E-state index in [1.165, 1.54) is 0 Å². The molecule has 0 atom stereocenters. The summed E-state index contributed by atoms with van der Waals surface area (Å²) in [4.78, 5) is 3.95. The average molecular weight is 151 g/mol. The molecule has 0 heterocycles. The third-order valence-electron chi connectivity index (χ3n) is 0.962. The Morgan fingerprint density at radius 2 is 1.64 bits per heavy atom. The van der Waals surface area contributed by atoms with Gasteiger partial charge in [-0.05, 0) is 19.9 Å². The molecular weight excluding hydrogens is 134 g/mol. The highest BCUT2D eigenvalue weighted by Gasteiger charge is 1.77. The fourth-order valence-electron chi connectivity index (χ4n) is 0.337. The van der Waals surface area contributed by atoms with Gasteiger partial charge in [-0.15, -0.1) is 13.2 Å². The van der Waals surface area contributed by atoms with Crippen LogP contribution < -0.4 is 0 Å². The Morgan fingerprint density at radius 3 is 1.91 bits per heavy atom. The number of hydrogen-bond acceptors (Lipinski definition) is 1. The predicted octanol–water partition coefficient (Wildman–Crippen LogP) is 3.01. The Bertz CT molecular complexity index is 164. The molecule has 0 N–H and O–H groups in total. The van der Waals surface area contributed by atoms with E-state index in [0.717, 1.165) is 11.3 Å². The van der Waals surface area contributed by atoms with Gasteiger partial charge in [0, 0.05) is 12.8 Å². The smallest absolute Gasteiger partial charge is 0.0313 e. The largest absolute Gasteiger partial charge is 0.293 e. The highest BCUT2D eigenvalue weighted by molar-refractivity contribution is 5.92. The maximum Gasteiger partial charge on any atom is 0.0313 e. The van der Waals surface area contributed by atoms with E-state index in [-0.39, 0.29) is 0 Å². The second-order valence-corrected chi connectivity index (χ2v) is 2.04. The summed E-state index contributed by atoms with van der Waals surface area (Å²) in [6, 6.07) is 0. The molecule has 0 fully saturated rings. The molecule has 11 heavy (non-hydrogen) atoms. The first-order valence-corrected chi connectivity index (χ1v) is 3.44. The molecule has 0 spiro atoms. The Kier molecular flexibility index (Phi) is 10.1. The Labute approximate surface area is 69.9 Å². The van der Waals surface area contributed by atoms with Crippen LogP contribution in [0.1, 0.15) is 13.8 Å². The molecule has 62 valence electrons. The molecule has 0 unspecified atom stereocenters. The predicted molar refractivity (Wildman–Crippen MR) is 54.2 cm³/mol. The van der Waals surface area contributed by atoms with Crippen molar-refractivity contribution in [3.8, 4) is 0 Å². The lowest BCUT2D eigenvalue weighted by Gasteiger charge is -1.86. The number of hydrogen-bond donors (Lipinski definition) is 0. The van der Waals surface area contributed by atoms with Crippen molar-refractivity contribution in [2.45, 2.75) is 13.8 Å². The van der Waals surface area contributed by atoms with Crippen molar-refractivity contribution in [3.63, 3.8) is 0 Å². The Balaban J connectivity index is 0. The summed E-state index contributed by atoms with van der Waals surface area (Å²) in [6.45, 7) is 13.6. The minimum absolute atomic E-state index is 1.03. The Morgan fingerprint density at radius 1 is 1.18 bits per heavy atom. The van der Waals surface area contributed by atoms with Gasteiger partial charge in [0.15, 0.2) is 0 Å².